The van der Waals surface area contributed by atoms with Gasteiger partial charge in [-0.15, -0.1) is 0 Å². The molecule has 0 unspecified atom stereocenters. The van der Waals surface area contributed by atoms with Crippen molar-refractivity contribution in [2.75, 3.05) is 0 Å². The van der Waals surface area contributed by atoms with Gasteiger partial charge >= 0.3 is 0 Å². The van der Waals surface area contributed by atoms with Crippen LogP contribution in [0, 0.1) is 0 Å². The van der Waals surface area contributed by atoms with Gasteiger partial charge in [0.05, 0.1) is 93.7 Å². The molecular formula is C124H72N16. The third-order valence-electron chi connectivity index (χ3n) is 32.0. The van der Waals surface area contributed by atoms with Gasteiger partial charge < -0.3 is 0 Å². The van der Waals surface area contributed by atoms with E-state index >= 15 is 0 Å². The predicted octanol–water partition coefficient (Wildman–Crippen LogP) is 26.9. The zero-order valence-electron chi connectivity index (χ0n) is 75.1. The minimum absolute atomic E-state index is 0.903. The SMILES string of the molecule is c1ccc2c(c1)Cc1cc3c(cc1-2)-c1ccc2c(c1C3)c1ccncc1n1c3ccncc3nc21.c1ccc2c(c1)Cc1cc3c(cc1-2)Cc1cc2c4ccncc4n4c5ccncc5nc4c2cc1-3.c1ccc2c(c1)Cc1ccc3c(c1-2)-c1ccc2c(c1C3)c1ccncc1n1c3ccncc3nc21.c1ccc2c(c1)Cc1ccc3c(c1-2)Cc1cc2c4ccncc4n4c5ccncc5nc4c2cc1-3. The summed E-state index contributed by atoms with van der Waals surface area (Å²) in [5, 5.41) is 14.6. The van der Waals surface area contributed by atoms with Gasteiger partial charge in [-0.3, -0.25) is 57.5 Å². The van der Waals surface area contributed by atoms with Gasteiger partial charge in [-0.1, -0.05) is 140 Å². The standard InChI is InChI=1S/4C31H18N4/c1-2-4-21-17(3-1)9-18-12-24-19(11-23(18)21)10-20-13-26-22-5-7-33-16-30(22)35-29-6-8-32-15-28(29)34-31(35)27(26)14-25(20)24;1-2-4-20-17(3-1)11-18-12-19-13-26-21(25(19)14-24(18)20)5-6-23-30(26)22-7-9-33-16-29(22)35-28-8-10-32-15-27(28)34-31(23)35;1-2-4-20-17(3-1)11-18-5-6-21-23-14-26-24(12-19(23)13-25(21)30(18)20)22-7-9-33-16-29(22)35-28-8-10-32-15-27(28)34-31(26)35;1-2-4-20-17(3-1)13-18-5-6-19-14-24-21(29(19)28(18)20)7-8-23-30(24)22-9-11-33-16-27(22)35-26-10-12-32-15-25(26)34-31(23)35/h1-8,11-16H,9-10H2;2*1-10,12,14-16H,11,13H2;1-12,15-16H,13-14H2. The Labute approximate surface area is 796 Å². The summed E-state index contributed by atoms with van der Waals surface area (Å²) in [7, 11) is 0. The summed E-state index contributed by atoms with van der Waals surface area (Å²) in [5.41, 5.74) is 61.1. The lowest BCUT2D eigenvalue weighted by atomic mass is 9.92. The molecule has 8 aliphatic carbocycles. The maximum atomic E-state index is 5.04. The van der Waals surface area contributed by atoms with E-state index in [1.165, 1.54) is 243 Å². The highest BCUT2D eigenvalue weighted by Crippen LogP contribution is 2.56. The maximum Gasteiger partial charge on any atom is 0.146 e. The van der Waals surface area contributed by atoms with Gasteiger partial charge in [0, 0.05) is 92.7 Å². The van der Waals surface area contributed by atoms with Crippen LogP contribution in [0.15, 0.2) is 342 Å². The van der Waals surface area contributed by atoms with Gasteiger partial charge in [-0.05, 0) is 354 Å². The highest BCUT2D eigenvalue weighted by Gasteiger charge is 2.36. The lowest BCUT2D eigenvalue weighted by Gasteiger charge is -2.13. The molecule has 16 aromatic heterocycles. The Morgan fingerprint density at radius 2 is 0.471 bits per heavy atom. The summed E-state index contributed by atoms with van der Waals surface area (Å²) in [6.45, 7) is 0. The smallest absolute Gasteiger partial charge is 0.146 e. The number of nitrogens with zero attached hydrogens (tertiary/aromatic N) is 16. The topological polar surface area (TPSA) is 172 Å². The van der Waals surface area contributed by atoms with Crippen LogP contribution >= 0.6 is 0 Å². The van der Waals surface area contributed by atoms with Gasteiger partial charge in [-0.2, -0.15) is 0 Å². The van der Waals surface area contributed by atoms with Crippen LogP contribution in [0.1, 0.15) is 89.0 Å². The van der Waals surface area contributed by atoms with Crippen molar-refractivity contribution in [1.82, 2.24) is 77.4 Å². The van der Waals surface area contributed by atoms with E-state index in [1.54, 1.807) is 0 Å². The first kappa shape index (κ1) is 75.1. The lowest BCUT2D eigenvalue weighted by molar-refractivity contribution is 1.22. The molecule has 0 saturated carbocycles. The monoisotopic (exact) mass is 1780 g/mol. The minimum atomic E-state index is 0.903. The largest absolute Gasteiger partial charge is 0.290 e. The second-order valence-electron chi connectivity index (χ2n) is 38.9. The van der Waals surface area contributed by atoms with Gasteiger partial charge in [0.25, 0.3) is 0 Å². The first-order valence-corrected chi connectivity index (χ1v) is 48.1. The second-order valence-corrected chi connectivity index (χ2v) is 38.9. The van der Waals surface area contributed by atoms with Crippen molar-refractivity contribution in [2.45, 2.75) is 51.4 Å². The number of hydrogen-bond acceptors (Lipinski definition) is 12. The lowest BCUT2D eigenvalue weighted by Crippen LogP contribution is -1.95. The molecule has 8 aliphatic rings. The Bertz CT molecular complexity index is 10700. The van der Waals surface area contributed by atoms with E-state index in [0.29, 0.717) is 0 Å². The van der Waals surface area contributed by atoms with Gasteiger partial charge in [0.15, 0.2) is 0 Å². The van der Waals surface area contributed by atoms with Crippen molar-refractivity contribution in [1.29, 1.82) is 0 Å². The molecule has 16 heterocycles. The van der Waals surface area contributed by atoms with Crippen LogP contribution in [0.2, 0.25) is 0 Å². The average molecular weight is 1790 g/mol. The molecule has 0 aliphatic heterocycles. The molecule has 648 valence electrons. The number of rotatable bonds is 0. The predicted molar refractivity (Wildman–Crippen MR) is 559 cm³/mol. The molecular weight excluding hydrogens is 1710 g/mol. The highest BCUT2D eigenvalue weighted by molar-refractivity contribution is 6.22. The van der Waals surface area contributed by atoms with E-state index in [1.807, 2.05) is 123 Å². The van der Waals surface area contributed by atoms with Crippen LogP contribution in [-0.4, -0.2) is 77.4 Å². The fraction of sp³-hybridized carbons (Fsp3) is 0.0645. The molecule has 0 spiro atoms. The molecule has 0 fully saturated rings. The molecule has 0 saturated heterocycles. The zero-order chi connectivity index (χ0) is 90.7. The maximum absolute atomic E-state index is 5.04. The molecule has 0 amide bonds. The van der Waals surface area contributed by atoms with E-state index in [0.717, 1.165) is 140 Å². The zero-order valence-corrected chi connectivity index (χ0v) is 75.1. The first-order valence-electron chi connectivity index (χ1n) is 48.1. The minimum Gasteiger partial charge on any atom is -0.290 e. The van der Waals surface area contributed by atoms with Gasteiger partial charge in [0.2, 0.25) is 0 Å². The van der Waals surface area contributed by atoms with Crippen LogP contribution in [0.4, 0.5) is 0 Å². The molecule has 28 aromatic rings. The van der Waals surface area contributed by atoms with Crippen LogP contribution in [-0.2, 0) is 51.4 Å². The number of aromatic nitrogens is 16. The molecule has 12 aromatic carbocycles. The van der Waals surface area contributed by atoms with Crippen LogP contribution < -0.4 is 0 Å². The van der Waals surface area contributed by atoms with E-state index in [4.69, 9.17) is 19.9 Å². The Hall–Kier alpha value is -18.3. The summed E-state index contributed by atoms with van der Waals surface area (Å²) in [6, 6.07) is 90.0. The highest BCUT2D eigenvalue weighted by atomic mass is 15.1. The Morgan fingerprint density at radius 3 is 0.993 bits per heavy atom. The molecule has 0 radical (unpaired) electrons. The average Bonchev–Trinajstić information content (AvgIpc) is 1.52. The first-order chi connectivity index (χ1) is 69.4. The summed E-state index contributed by atoms with van der Waals surface area (Å²) in [4.78, 5) is 55.3. The number of hydrogen-bond donors (Lipinski definition) is 0. The Kier molecular flexibility index (Phi) is 14.9. The van der Waals surface area contributed by atoms with Crippen molar-refractivity contribution in [3.05, 3.63) is 431 Å². The van der Waals surface area contributed by atoms with Gasteiger partial charge in [-0.25, -0.2) is 19.9 Å². The quantitative estimate of drug-likeness (QED) is 0.132. The normalized spacial score (nSPS) is 13.5. The molecule has 0 N–H and O–H groups in total. The van der Waals surface area contributed by atoms with Crippen molar-refractivity contribution < 1.29 is 0 Å². The van der Waals surface area contributed by atoms with E-state index < -0.39 is 0 Å². The molecule has 36 rings (SSSR count). The van der Waals surface area contributed by atoms with Crippen molar-refractivity contribution in [3.8, 4) is 89.0 Å². The molecule has 0 atom stereocenters. The number of fused-ring (bicyclic) bond motifs is 60. The fourth-order valence-electron chi connectivity index (χ4n) is 26.1. The summed E-state index contributed by atoms with van der Waals surface area (Å²) in [6.07, 6.45) is 38.1. The summed E-state index contributed by atoms with van der Waals surface area (Å²) < 4.78 is 8.96. The number of benzene rings is 12. The summed E-state index contributed by atoms with van der Waals surface area (Å²) in [5.74, 6) is 0. The fourth-order valence-corrected chi connectivity index (χ4v) is 26.1. The molecule has 16 nitrogen and oxygen atoms in total. The van der Waals surface area contributed by atoms with Crippen molar-refractivity contribution >= 4 is 153 Å². The van der Waals surface area contributed by atoms with Gasteiger partial charge in [0.1, 0.15) is 44.7 Å². The third-order valence-corrected chi connectivity index (χ3v) is 32.0. The number of pyridine rings is 12. The Morgan fingerprint density at radius 1 is 0.164 bits per heavy atom. The van der Waals surface area contributed by atoms with Crippen molar-refractivity contribution in [3.63, 3.8) is 0 Å². The second kappa shape index (κ2) is 27.7. The Balaban J connectivity index is 0.0000000829. The molecule has 140 heavy (non-hydrogen) atoms. The van der Waals surface area contributed by atoms with Crippen molar-refractivity contribution in [2.24, 2.45) is 0 Å². The number of imidazole rings is 4. The summed E-state index contributed by atoms with van der Waals surface area (Å²) >= 11 is 0. The molecule has 0 bridgehead atoms. The molecule has 16 heteroatoms. The van der Waals surface area contributed by atoms with Crippen LogP contribution in [0.3, 0.4) is 0 Å². The van der Waals surface area contributed by atoms with E-state index in [9.17, 15) is 0 Å². The van der Waals surface area contributed by atoms with E-state index in [-0.39, 0.29) is 0 Å². The third kappa shape index (κ3) is 10.3. The van der Waals surface area contributed by atoms with Crippen LogP contribution in [0.25, 0.3) is 242 Å². The van der Waals surface area contributed by atoms with E-state index in [2.05, 4.69) is 276 Å². The van der Waals surface area contributed by atoms with Crippen LogP contribution in [0.5, 0.6) is 0 Å².